The lowest BCUT2D eigenvalue weighted by Crippen LogP contribution is -2.46. The van der Waals surface area contributed by atoms with Crippen molar-refractivity contribution in [1.82, 2.24) is 10.2 Å². The van der Waals surface area contributed by atoms with E-state index in [1.54, 1.807) is 36.1 Å². The van der Waals surface area contributed by atoms with Gasteiger partial charge in [-0.3, -0.25) is 4.79 Å². The van der Waals surface area contributed by atoms with Gasteiger partial charge in [-0.15, -0.1) is 0 Å². The summed E-state index contributed by atoms with van der Waals surface area (Å²) >= 11 is 0. The summed E-state index contributed by atoms with van der Waals surface area (Å²) in [6.07, 6.45) is 3.19. The van der Waals surface area contributed by atoms with Crippen molar-refractivity contribution in [1.29, 1.82) is 0 Å². The summed E-state index contributed by atoms with van der Waals surface area (Å²) in [7, 11) is 0. The van der Waals surface area contributed by atoms with Gasteiger partial charge >= 0.3 is 12.0 Å². The summed E-state index contributed by atoms with van der Waals surface area (Å²) < 4.78 is 5.01. The van der Waals surface area contributed by atoms with Gasteiger partial charge in [0.2, 0.25) is 5.91 Å². The molecule has 1 heterocycles. The molecule has 1 fully saturated rings. The van der Waals surface area contributed by atoms with E-state index in [4.69, 9.17) is 4.74 Å². The van der Waals surface area contributed by atoms with Gasteiger partial charge in [-0.05, 0) is 49.8 Å². The maximum Gasteiger partial charge on any atom is 0.338 e. The second-order valence-electron chi connectivity index (χ2n) is 7.45. The van der Waals surface area contributed by atoms with E-state index in [0.717, 1.165) is 19.3 Å². The molecule has 1 aliphatic rings. The molecular formula is C22H33N3O4. The van der Waals surface area contributed by atoms with Crippen LogP contribution in [0.4, 0.5) is 10.5 Å². The second-order valence-corrected chi connectivity index (χ2v) is 7.45. The third-order valence-electron chi connectivity index (χ3n) is 5.35. The average molecular weight is 404 g/mol. The van der Waals surface area contributed by atoms with Crippen molar-refractivity contribution in [3.63, 3.8) is 0 Å². The van der Waals surface area contributed by atoms with E-state index in [1.807, 2.05) is 6.92 Å². The summed E-state index contributed by atoms with van der Waals surface area (Å²) in [5.41, 5.74) is 0.975. The predicted molar refractivity (Wildman–Crippen MR) is 113 cm³/mol. The largest absolute Gasteiger partial charge is 0.462 e. The number of anilines is 1. The van der Waals surface area contributed by atoms with Crippen LogP contribution in [-0.2, 0) is 9.53 Å². The fourth-order valence-electron chi connectivity index (χ4n) is 3.71. The lowest BCUT2D eigenvalue weighted by atomic mass is 9.81. The molecule has 2 rings (SSSR count). The van der Waals surface area contributed by atoms with Gasteiger partial charge in [-0.1, -0.05) is 26.3 Å². The zero-order chi connectivity index (χ0) is 21.2. The third-order valence-corrected chi connectivity index (χ3v) is 5.35. The van der Waals surface area contributed by atoms with Crippen molar-refractivity contribution in [2.24, 2.45) is 11.8 Å². The number of likely N-dealkylation sites (tertiary alicyclic amines) is 1. The highest BCUT2D eigenvalue weighted by molar-refractivity contribution is 5.94. The molecule has 2 N–H and O–H groups in total. The first-order valence-electron chi connectivity index (χ1n) is 10.6. The van der Waals surface area contributed by atoms with E-state index in [0.29, 0.717) is 55.7 Å². The predicted octanol–water partition coefficient (Wildman–Crippen LogP) is 3.66. The summed E-state index contributed by atoms with van der Waals surface area (Å²) in [4.78, 5) is 38.5. The molecule has 29 heavy (non-hydrogen) atoms. The maximum absolute atomic E-state index is 12.7. The molecule has 0 spiro atoms. The highest BCUT2D eigenvalue weighted by atomic mass is 16.5. The number of piperidine rings is 1. The molecule has 7 heteroatoms. The molecule has 0 aliphatic carbocycles. The van der Waals surface area contributed by atoms with Crippen LogP contribution in [0, 0.1) is 11.8 Å². The first-order valence-corrected chi connectivity index (χ1v) is 10.6. The van der Waals surface area contributed by atoms with E-state index < -0.39 is 5.97 Å². The van der Waals surface area contributed by atoms with Gasteiger partial charge in [0, 0.05) is 31.7 Å². The molecule has 160 valence electrons. The molecule has 0 radical (unpaired) electrons. The second kappa shape index (κ2) is 11.4. The Morgan fingerprint density at radius 2 is 1.97 bits per heavy atom. The van der Waals surface area contributed by atoms with Crippen LogP contribution in [0.1, 0.15) is 56.8 Å². The van der Waals surface area contributed by atoms with Gasteiger partial charge in [0.15, 0.2) is 0 Å². The molecule has 7 nitrogen and oxygen atoms in total. The molecule has 0 unspecified atom stereocenters. The minimum absolute atomic E-state index is 0.101. The number of carbonyl (C=O) groups excluding carboxylic acids is 3. The molecule has 3 amide bonds. The van der Waals surface area contributed by atoms with E-state index in [9.17, 15) is 14.4 Å². The van der Waals surface area contributed by atoms with Crippen LogP contribution in [0.5, 0.6) is 0 Å². The molecule has 1 aromatic rings. The summed E-state index contributed by atoms with van der Waals surface area (Å²) in [5, 5.41) is 5.82. The number of nitrogens with zero attached hydrogens (tertiary/aromatic N) is 1. The summed E-state index contributed by atoms with van der Waals surface area (Å²) in [5.74, 6) is 0.293. The lowest BCUT2D eigenvalue weighted by molar-refractivity contribution is -0.122. The number of carbonyl (C=O) groups is 3. The Hall–Kier alpha value is -2.57. The molecule has 0 bridgehead atoms. The van der Waals surface area contributed by atoms with E-state index in [-0.39, 0.29) is 11.9 Å². The van der Waals surface area contributed by atoms with Gasteiger partial charge in [0.05, 0.1) is 12.2 Å². The first-order chi connectivity index (χ1) is 14.0. The van der Waals surface area contributed by atoms with Crippen molar-refractivity contribution in [2.75, 3.05) is 31.6 Å². The minimum Gasteiger partial charge on any atom is -0.462 e. The van der Waals surface area contributed by atoms with E-state index in [2.05, 4.69) is 17.6 Å². The number of nitrogens with one attached hydrogen (secondary N) is 2. The fraction of sp³-hybridized carbons (Fsp3) is 0.591. The molecule has 2 atom stereocenters. The van der Waals surface area contributed by atoms with E-state index >= 15 is 0 Å². The van der Waals surface area contributed by atoms with Crippen molar-refractivity contribution in [3.05, 3.63) is 29.8 Å². The Labute approximate surface area is 173 Å². The fourth-order valence-corrected chi connectivity index (χ4v) is 3.71. The molecule has 1 saturated heterocycles. The summed E-state index contributed by atoms with van der Waals surface area (Å²) in [6.45, 7) is 8.16. The highest BCUT2D eigenvalue weighted by Crippen LogP contribution is 2.29. The Kier molecular flexibility index (Phi) is 8.96. The Morgan fingerprint density at radius 1 is 1.17 bits per heavy atom. The van der Waals surface area contributed by atoms with Gasteiger partial charge in [0.1, 0.15) is 0 Å². The highest BCUT2D eigenvalue weighted by Gasteiger charge is 2.31. The van der Waals surface area contributed by atoms with Crippen LogP contribution >= 0.6 is 0 Å². The maximum atomic E-state index is 12.7. The van der Waals surface area contributed by atoms with Crippen molar-refractivity contribution < 1.29 is 19.1 Å². The first kappa shape index (κ1) is 22.7. The van der Waals surface area contributed by atoms with Crippen LogP contribution < -0.4 is 10.6 Å². The standard InChI is InChI=1S/C22H33N3O4/c1-4-11-23-20(26)14-17-10-12-25(15-16(17)5-2)22(28)24-19-9-7-8-18(13-19)21(27)29-6-3/h7-9,13,16-17H,4-6,10-12,14-15H2,1-3H3,(H,23,26)(H,24,28)/t16-,17-/m0/s1. The van der Waals surface area contributed by atoms with Crippen LogP contribution in [0.3, 0.4) is 0 Å². The Balaban J connectivity index is 1.93. The van der Waals surface area contributed by atoms with Crippen molar-refractivity contribution in [3.8, 4) is 0 Å². The molecule has 0 saturated carbocycles. The topological polar surface area (TPSA) is 87.7 Å². The van der Waals surface area contributed by atoms with Crippen LogP contribution in [0.15, 0.2) is 24.3 Å². The molecule has 1 aromatic carbocycles. The van der Waals surface area contributed by atoms with Gasteiger partial charge in [0.25, 0.3) is 0 Å². The SMILES string of the molecule is CCCNC(=O)C[C@@H]1CCN(C(=O)Nc2cccc(C(=O)OCC)c2)C[C@@H]1CC. The number of esters is 1. The molecule has 1 aliphatic heterocycles. The van der Waals surface area contributed by atoms with E-state index in [1.165, 1.54) is 0 Å². The van der Waals surface area contributed by atoms with Crippen LogP contribution in [0.2, 0.25) is 0 Å². The average Bonchev–Trinajstić information content (AvgIpc) is 2.72. The molecule has 0 aromatic heterocycles. The van der Waals surface area contributed by atoms with Gasteiger partial charge in [-0.2, -0.15) is 0 Å². The number of ether oxygens (including phenoxy) is 1. The smallest absolute Gasteiger partial charge is 0.338 e. The number of urea groups is 1. The monoisotopic (exact) mass is 403 g/mol. The van der Waals surface area contributed by atoms with Crippen molar-refractivity contribution in [2.45, 2.75) is 46.5 Å². The number of benzene rings is 1. The number of rotatable bonds is 8. The van der Waals surface area contributed by atoms with Crippen LogP contribution in [0.25, 0.3) is 0 Å². The van der Waals surface area contributed by atoms with Crippen LogP contribution in [-0.4, -0.2) is 49.0 Å². The normalized spacial score (nSPS) is 18.8. The number of hydrogen-bond donors (Lipinski definition) is 2. The quantitative estimate of drug-likeness (QED) is 0.649. The zero-order valence-corrected chi connectivity index (χ0v) is 17.7. The van der Waals surface area contributed by atoms with Crippen molar-refractivity contribution >= 4 is 23.6 Å². The van der Waals surface area contributed by atoms with Gasteiger partial charge in [-0.25, -0.2) is 9.59 Å². The Morgan fingerprint density at radius 3 is 2.66 bits per heavy atom. The summed E-state index contributed by atoms with van der Waals surface area (Å²) in [6, 6.07) is 6.58. The number of amides is 3. The lowest BCUT2D eigenvalue weighted by Gasteiger charge is -2.38. The molecular weight excluding hydrogens is 370 g/mol. The Bertz CT molecular complexity index is 707. The zero-order valence-electron chi connectivity index (χ0n) is 17.7. The number of hydrogen-bond acceptors (Lipinski definition) is 4. The minimum atomic E-state index is -0.406. The van der Waals surface area contributed by atoms with Gasteiger partial charge < -0.3 is 20.3 Å². The third kappa shape index (κ3) is 6.76.